The van der Waals surface area contributed by atoms with Crippen molar-refractivity contribution in [3.05, 3.63) is 0 Å². The van der Waals surface area contributed by atoms with Crippen LogP contribution in [0, 0.1) is 5.92 Å². The van der Waals surface area contributed by atoms with Gasteiger partial charge < -0.3 is 10.2 Å². The Morgan fingerprint density at radius 1 is 1.33 bits per heavy atom. The summed E-state index contributed by atoms with van der Waals surface area (Å²) >= 11 is 0. The Bertz CT molecular complexity index is 292. The minimum atomic E-state index is -1.09. The summed E-state index contributed by atoms with van der Waals surface area (Å²) in [7, 11) is 0. The van der Waals surface area contributed by atoms with Crippen LogP contribution >= 0.6 is 0 Å². The summed E-state index contributed by atoms with van der Waals surface area (Å²) in [6.45, 7) is 5.35. The number of hydrogen-bond donors (Lipinski definition) is 3. The maximum absolute atomic E-state index is 11.1. The summed E-state index contributed by atoms with van der Waals surface area (Å²) < 4.78 is 0. The molecule has 1 saturated heterocycles. The zero-order chi connectivity index (χ0) is 11.9. The number of nitrogens with one attached hydrogen (secondary N) is 1. The van der Waals surface area contributed by atoms with Gasteiger partial charge in [0.15, 0.2) is 0 Å². The molecule has 3 N–H and O–H groups in total. The minimum absolute atomic E-state index is 0.142. The van der Waals surface area contributed by atoms with Gasteiger partial charge in [-0.05, 0) is 19.3 Å². The van der Waals surface area contributed by atoms with Crippen LogP contribution in [0.3, 0.4) is 0 Å². The van der Waals surface area contributed by atoms with Gasteiger partial charge in [-0.3, -0.25) is 14.9 Å². The topological polar surface area (TPSA) is 86.6 Å². The Labute approximate surface area is 88.5 Å². The molecular weight excluding hydrogens is 198 g/mol. The second-order valence-electron chi connectivity index (χ2n) is 4.92. The predicted octanol–water partition coefficient (Wildman–Crippen LogP) is 0.692. The molecule has 1 fully saturated rings. The standard InChI is InChI=1S/C10H17NO4/c1-6(2)4-10(8(14)15)5-9(3,11-10)7(12)13/h6,11H,4-5H2,1-3H3,(H,12,13)(H,14,15)/t9-,10+/m0/s1. The van der Waals surface area contributed by atoms with Crippen molar-refractivity contribution in [2.75, 3.05) is 0 Å². The third-order valence-corrected chi connectivity index (χ3v) is 2.81. The second kappa shape index (κ2) is 3.48. The van der Waals surface area contributed by atoms with E-state index in [9.17, 15) is 9.59 Å². The Hall–Kier alpha value is -1.10. The number of carboxylic acid groups (broad SMARTS) is 2. The molecule has 0 bridgehead atoms. The molecule has 0 unspecified atom stereocenters. The molecule has 0 aliphatic carbocycles. The lowest BCUT2D eigenvalue weighted by Crippen LogP contribution is -2.77. The van der Waals surface area contributed by atoms with E-state index in [0.717, 1.165) is 0 Å². The van der Waals surface area contributed by atoms with E-state index < -0.39 is 23.0 Å². The minimum Gasteiger partial charge on any atom is -0.480 e. The van der Waals surface area contributed by atoms with Gasteiger partial charge in [-0.2, -0.15) is 0 Å². The van der Waals surface area contributed by atoms with Gasteiger partial charge in [-0.25, -0.2) is 0 Å². The van der Waals surface area contributed by atoms with E-state index in [1.165, 1.54) is 6.92 Å². The average Bonchev–Trinajstić information content (AvgIpc) is 1.98. The highest BCUT2D eigenvalue weighted by Crippen LogP contribution is 2.38. The van der Waals surface area contributed by atoms with Gasteiger partial charge in [0.2, 0.25) is 0 Å². The van der Waals surface area contributed by atoms with Crippen LogP contribution in [0.2, 0.25) is 0 Å². The van der Waals surface area contributed by atoms with Crippen molar-refractivity contribution in [3.8, 4) is 0 Å². The average molecular weight is 215 g/mol. The molecular formula is C10H17NO4. The molecule has 5 nitrogen and oxygen atoms in total. The van der Waals surface area contributed by atoms with Crippen molar-refractivity contribution in [2.24, 2.45) is 5.92 Å². The first kappa shape index (κ1) is 12.0. The Balaban J connectivity index is 2.77. The van der Waals surface area contributed by atoms with E-state index in [4.69, 9.17) is 10.2 Å². The lowest BCUT2D eigenvalue weighted by atomic mass is 9.69. The van der Waals surface area contributed by atoms with Crippen molar-refractivity contribution < 1.29 is 19.8 Å². The van der Waals surface area contributed by atoms with Gasteiger partial charge in [0.25, 0.3) is 0 Å². The van der Waals surface area contributed by atoms with Crippen molar-refractivity contribution in [2.45, 2.75) is 44.7 Å². The van der Waals surface area contributed by atoms with Crippen LogP contribution in [-0.2, 0) is 9.59 Å². The number of rotatable bonds is 4. The van der Waals surface area contributed by atoms with Crippen LogP contribution in [0.4, 0.5) is 0 Å². The van der Waals surface area contributed by atoms with Gasteiger partial charge in [-0.15, -0.1) is 0 Å². The molecule has 1 heterocycles. The van der Waals surface area contributed by atoms with Crippen molar-refractivity contribution in [3.63, 3.8) is 0 Å². The summed E-state index contributed by atoms with van der Waals surface area (Å²) in [6.07, 6.45) is 0.591. The Morgan fingerprint density at radius 2 is 1.80 bits per heavy atom. The number of carboxylic acids is 2. The van der Waals surface area contributed by atoms with E-state index >= 15 is 0 Å². The van der Waals surface area contributed by atoms with Crippen molar-refractivity contribution >= 4 is 11.9 Å². The predicted molar refractivity (Wildman–Crippen MR) is 53.6 cm³/mol. The summed E-state index contributed by atoms with van der Waals surface area (Å²) in [4.78, 5) is 21.9. The third-order valence-electron chi connectivity index (χ3n) is 2.81. The normalized spacial score (nSPS) is 34.9. The lowest BCUT2D eigenvalue weighted by Gasteiger charge is -2.51. The van der Waals surface area contributed by atoms with Crippen LogP contribution in [0.15, 0.2) is 0 Å². The molecule has 0 aromatic heterocycles. The van der Waals surface area contributed by atoms with Crippen molar-refractivity contribution in [1.82, 2.24) is 5.32 Å². The summed E-state index contributed by atoms with van der Waals surface area (Å²) in [5, 5.41) is 20.7. The largest absolute Gasteiger partial charge is 0.480 e. The fraction of sp³-hybridized carbons (Fsp3) is 0.800. The van der Waals surface area contributed by atoms with E-state index in [2.05, 4.69) is 5.32 Å². The first-order valence-corrected chi connectivity index (χ1v) is 4.98. The molecule has 15 heavy (non-hydrogen) atoms. The van der Waals surface area contributed by atoms with Crippen LogP contribution in [0.25, 0.3) is 0 Å². The fourth-order valence-corrected chi connectivity index (χ4v) is 2.28. The number of carbonyl (C=O) groups is 2. The van der Waals surface area contributed by atoms with Gasteiger partial charge in [0.1, 0.15) is 11.1 Å². The molecule has 1 rings (SSSR count). The molecule has 0 spiro atoms. The Kier molecular flexibility index (Phi) is 2.78. The van der Waals surface area contributed by atoms with Crippen molar-refractivity contribution in [1.29, 1.82) is 0 Å². The Morgan fingerprint density at radius 3 is 2.07 bits per heavy atom. The summed E-state index contributed by atoms with van der Waals surface area (Å²) in [5.74, 6) is -1.75. The fourth-order valence-electron chi connectivity index (χ4n) is 2.28. The first-order chi connectivity index (χ1) is 6.72. The van der Waals surface area contributed by atoms with E-state index in [-0.39, 0.29) is 12.3 Å². The molecule has 5 heteroatoms. The van der Waals surface area contributed by atoms with Crippen LogP contribution in [0.1, 0.15) is 33.6 Å². The second-order valence-corrected chi connectivity index (χ2v) is 4.92. The molecule has 0 aromatic carbocycles. The molecule has 0 aromatic rings. The number of aliphatic carboxylic acids is 2. The van der Waals surface area contributed by atoms with Crippen LogP contribution in [0.5, 0.6) is 0 Å². The SMILES string of the molecule is CC(C)C[C@]1(C(=O)O)C[C@@](C)(C(=O)O)N1. The molecule has 2 atom stereocenters. The lowest BCUT2D eigenvalue weighted by molar-refractivity contribution is -0.165. The molecule has 0 saturated carbocycles. The van der Waals surface area contributed by atoms with Gasteiger partial charge in [0, 0.05) is 6.42 Å². The highest BCUT2D eigenvalue weighted by atomic mass is 16.4. The van der Waals surface area contributed by atoms with Gasteiger partial charge >= 0.3 is 11.9 Å². The molecule has 0 radical (unpaired) electrons. The highest BCUT2D eigenvalue weighted by molar-refractivity contribution is 5.88. The zero-order valence-electron chi connectivity index (χ0n) is 9.20. The third kappa shape index (κ3) is 1.97. The molecule has 86 valence electrons. The summed E-state index contributed by atoms with van der Waals surface area (Å²) in [5.41, 5.74) is -2.14. The quantitative estimate of drug-likeness (QED) is 0.642. The van der Waals surface area contributed by atoms with E-state index in [1.54, 1.807) is 0 Å². The van der Waals surface area contributed by atoms with Gasteiger partial charge in [0.05, 0.1) is 0 Å². The monoisotopic (exact) mass is 215 g/mol. The van der Waals surface area contributed by atoms with Crippen LogP contribution in [-0.4, -0.2) is 33.2 Å². The maximum Gasteiger partial charge on any atom is 0.324 e. The van der Waals surface area contributed by atoms with E-state index in [1.807, 2.05) is 13.8 Å². The maximum atomic E-state index is 11.1. The number of hydrogen-bond acceptors (Lipinski definition) is 3. The highest BCUT2D eigenvalue weighted by Gasteiger charge is 2.60. The zero-order valence-corrected chi connectivity index (χ0v) is 9.20. The molecule has 1 aliphatic rings. The van der Waals surface area contributed by atoms with E-state index in [0.29, 0.717) is 6.42 Å². The molecule has 0 amide bonds. The molecule has 1 aliphatic heterocycles. The first-order valence-electron chi connectivity index (χ1n) is 4.98. The van der Waals surface area contributed by atoms with Gasteiger partial charge in [-0.1, -0.05) is 13.8 Å². The smallest absolute Gasteiger partial charge is 0.324 e. The summed E-state index contributed by atoms with van der Waals surface area (Å²) in [6, 6.07) is 0. The van der Waals surface area contributed by atoms with Crippen LogP contribution < -0.4 is 5.32 Å².